The van der Waals surface area contributed by atoms with Crippen molar-refractivity contribution in [1.29, 1.82) is 0 Å². The number of nitrogens with zero attached hydrogens (tertiary/aromatic N) is 1. The van der Waals surface area contributed by atoms with Gasteiger partial charge in [-0.2, -0.15) is 26.3 Å². The maximum atomic E-state index is 14.3. The number of rotatable bonds is 5. The Kier molecular flexibility index (Phi) is 7.16. The Hall–Kier alpha value is -3.54. The first kappa shape index (κ1) is 26.1. The lowest BCUT2D eigenvalue weighted by molar-refractivity contribution is -0.206. The molecule has 3 rings (SSSR count). The lowest BCUT2D eigenvalue weighted by Gasteiger charge is -2.19. The second-order valence-corrected chi connectivity index (χ2v) is 7.58. The van der Waals surface area contributed by atoms with E-state index in [1.807, 2.05) is 0 Å². The number of aliphatic hydroxyl groups excluding tert-OH is 1. The standard InChI is InChI=1S/C23H16F8N2O2/c1-11(12-2-5-19(32-10-12)22(26,27)28)33-21(35)15-7-13(17-4-3-16(24)9-18(17)25)6-14(8-15)20(34)23(29,30)31/h2-11,20,34H,1H3,(H,33,35)/t11-,20?/m1/s1. The predicted octanol–water partition coefficient (Wildman–Crippen LogP) is 6.13. The topological polar surface area (TPSA) is 62.2 Å². The van der Waals surface area contributed by atoms with Crippen LogP contribution in [-0.4, -0.2) is 22.2 Å². The number of carbonyl (C=O) groups is 1. The largest absolute Gasteiger partial charge is 0.433 e. The number of nitrogens with one attached hydrogen (secondary N) is 1. The van der Waals surface area contributed by atoms with E-state index in [1.165, 1.54) is 6.92 Å². The number of halogens is 8. The Balaban J connectivity index is 1.97. The minimum absolute atomic E-state index is 0.169. The molecule has 1 unspecified atom stereocenters. The van der Waals surface area contributed by atoms with Crippen LogP contribution in [0, 0.1) is 11.6 Å². The van der Waals surface area contributed by atoms with E-state index < -0.39 is 58.9 Å². The molecular formula is C23H16F8N2O2. The normalized spacial score (nSPS) is 13.9. The highest BCUT2D eigenvalue weighted by Crippen LogP contribution is 2.36. The van der Waals surface area contributed by atoms with Gasteiger partial charge in [-0.05, 0) is 60.0 Å². The smallest absolute Gasteiger partial charge is 0.379 e. The number of hydrogen-bond donors (Lipinski definition) is 2. The molecule has 2 atom stereocenters. The SMILES string of the molecule is C[C@@H](NC(=O)c1cc(-c2ccc(F)cc2F)cc(C(O)C(F)(F)F)c1)c1ccc(C(F)(F)F)nc1. The van der Waals surface area contributed by atoms with Gasteiger partial charge in [0.25, 0.3) is 5.91 Å². The van der Waals surface area contributed by atoms with Gasteiger partial charge in [0.05, 0.1) is 6.04 Å². The molecule has 0 radical (unpaired) electrons. The van der Waals surface area contributed by atoms with Crippen LogP contribution in [0.4, 0.5) is 35.1 Å². The molecule has 1 aromatic heterocycles. The fourth-order valence-electron chi connectivity index (χ4n) is 3.20. The fraction of sp³-hybridized carbons (Fsp3) is 0.217. The quantitative estimate of drug-likeness (QED) is 0.411. The zero-order valence-corrected chi connectivity index (χ0v) is 17.7. The van der Waals surface area contributed by atoms with Gasteiger partial charge < -0.3 is 10.4 Å². The Bertz CT molecular complexity index is 1220. The van der Waals surface area contributed by atoms with E-state index in [-0.39, 0.29) is 16.7 Å². The van der Waals surface area contributed by atoms with Gasteiger partial charge in [-0.25, -0.2) is 8.78 Å². The predicted molar refractivity (Wildman–Crippen MR) is 108 cm³/mol. The number of carbonyl (C=O) groups excluding carboxylic acids is 1. The molecule has 0 aliphatic heterocycles. The summed E-state index contributed by atoms with van der Waals surface area (Å²) in [6.07, 6.45) is -11.9. The van der Waals surface area contributed by atoms with E-state index in [2.05, 4.69) is 10.3 Å². The minimum atomic E-state index is -5.10. The summed E-state index contributed by atoms with van der Waals surface area (Å²) >= 11 is 0. The van der Waals surface area contributed by atoms with Crippen LogP contribution in [0.3, 0.4) is 0 Å². The highest BCUT2D eigenvalue weighted by atomic mass is 19.4. The van der Waals surface area contributed by atoms with E-state index in [0.717, 1.165) is 42.6 Å². The second kappa shape index (κ2) is 9.61. The van der Waals surface area contributed by atoms with Crippen molar-refractivity contribution in [3.8, 4) is 11.1 Å². The summed E-state index contributed by atoms with van der Waals surface area (Å²) in [4.78, 5) is 16.1. The molecule has 0 aliphatic carbocycles. The lowest BCUT2D eigenvalue weighted by Crippen LogP contribution is -2.27. The molecule has 35 heavy (non-hydrogen) atoms. The number of alkyl halides is 6. The zero-order chi connectivity index (χ0) is 26.1. The van der Waals surface area contributed by atoms with Crippen LogP contribution >= 0.6 is 0 Å². The van der Waals surface area contributed by atoms with Crippen molar-refractivity contribution in [2.75, 3.05) is 0 Å². The van der Waals surface area contributed by atoms with Crippen LogP contribution in [0.25, 0.3) is 11.1 Å². The van der Waals surface area contributed by atoms with E-state index in [9.17, 15) is 45.0 Å². The monoisotopic (exact) mass is 504 g/mol. The first-order chi connectivity index (χ1) is 16.2. The number of pyridine rings is 1. The van der Waals surface area contributed by atoms with Crippen molar-refractivity contribution in [1.82, 2.24) is 10.3 Å². The Morgan fingerprint density at radius 1 is 0.943 bits per heavy atom. The van der Waals surface area contributed by atoms with E-state index in [4.69, 9.17) is 0 Å². The second-order valence-electron chi connectivity index (χ2n) is 7.58. The summed E-state index contributed by atoms with van der Waals surface area (Å²) in [5, 5.41) is 12.1. The first-order valence-corrected chi connectivity index (χ1v) is 9.86. The zero-order valence-electron chi connectivity index (χ0n) is 17.7. The van der Waals surface area contributed by atoms with Crippen LogP contribution < -0.4 is 5.32 Å². The number of aromatic nitrogens is 1. The molecule has 0 bridgehead atoms. The van der Waals surface area contributed by atoms with Crippen LogP contribution in [0.1, 0.15) is 46.2 Å². The first-order valence-electron chi connectivity index (χ1n) is 9.86. The molecule has 1 heterocycles. The van der Waals surface area contributed by atoms with Gasteiger partial charge in [0.15, 0.2) is 6.10 Å². The summed E-state index contributed by atoms with van der Waals surface area (Å²) in [5.41, 5.74) is -2.72. The van der Waals surface area contributed by atoms with Crippen molar-refractivity contribution in [2.24, 2.45) is 0 Å². The summed E-state index contributed by atoms with van der Waals surface area (Å²) < 4.78 is 105. The molecule has 0 fully saturated rings. The van der Waals surface area contributed by atoms with Crippen LogP contribution in [0.15, 0.2) is 54.7 Å². The van der Waals surface area contributed by atoms with Crippen molar-refractivity contribution in [3.05, 3.63) is 88.7 Å². The number of benzene rings is 2. The average Bonchev–Trinajstić information content (AvgIpc) is 2.77. The molecule has 4 nitrogen and oxygen atoms in total. The van der Waals surface area contributed by atoms with Crippen LogP contribution in [0.2, 0.25) is 0 Å². The average molecular weight is 504 g/mol. The number of hydrogen-bond acceptors (Lipinski definition) is 3. The summed E-state index contributed by atoms with van der Waals surface area (Å²) in [6, 6.07) is 5.78. The van der Waals surface area contributed by atoms with E-state index in [0.29, 0.717) is 12.1 Å². The maximum absolute atomic E-state index is 14.3. The molecule has 2 N–H and O–H groups in total. The molecular weight excluding hydrogens is 488 g/mol. The lowest BCUT2D eigenvalue weighted by atomic mass is 9.96. The van der Waals surface area contributed by atoms with E-state index in [1.54, 1.807) is 0 Å². The molecule has 0 spiro atoms. The molecule has 3 aromatic rings. The Morgan fingerprint density at radius 3 is 2.17 bits per heavy atom. The summed E-state index contributed by atoms with van der Waals surface area (Å²) in [6.45, 7) is 1.40. The Morgan fingerprint density at radius 2 is 1.63 bits per heavy atom. The van der Waals surface area contributed by atoms with Crippen molar-refractivity contribution in [3.63, 3.8) is 0 Å². The van der Waals surface area contributed by atoms with Crippen molar-refractivity contribution < 1.29 is 45.0 Å². The van der Waals surface area contributed by atoms with Gasteiger partial charge in [0.2, 0.25) is 0 Å². The van der Waals surface area contributed by atoms with E-state index >= 15 is 0 Å². The number of amides is 1. The highest BCUT2D eigenvalue weighted by Gasteiger charge is 2.40. The molecule has 0 saturated heterocycles. The van der Waals surface area contributed by atoms with Crippen LogP contribution in [0.5, 0.6) is 0 Å². The third-order valence-corrected chi connectivity index (χ3v) is 5.01. The highest BCUT2D eigenvalue weighted by molar-refractivity contribution is 5.96. The van der Waals surface area contributed by atoms with Gasteiger partial charge >= 0.3 is 12.4 Å². The fourth-order valence-corrected chi connectivity index (χ4v) is 3.20. The third-order valence-electron chi connectivity index (χ3n) is 5.01. The summed E-state index contributed by atoms with van der Waals surface area (Å²) in [7, 11) is 0. The van der Waals surface area contributed by atoms with Crippen molar-refractivity contribution in [2.45, 2.75) is 31.4 Å². The van der Waals surface area contributed by atoms with Crippen molar-refractivity contribution >= 4 is 5.91 Å². The molecule has 12 heteroatoms. The molecule has 186 valence electrons. The molecule has 0 saturated carbocycles. The van der Waals surface area contributed by atoms with Crippen LogP contribution in [-0.2, 0) is 6.18 Å². The van der Waals surface area contributed by atoms with Gasteiger partial charge in [-0.15, -0.1) is 0 Å². The number of aliphatic hydroxyl groups is 1. The third kappa shape index (κ3) is 6.13. The minimum Gasteiger partial charge on any atom is -0.379 e. The molecule has 2 aromatic carbocycles. The van der Waals surface area contributed by atoms with Gasteiger partial charge in [-0.3, -0.25) is 9.78 Å². The molecule has 0 aliphatic rings. The maximum Gasteiger partial charge on any atom is 0.433 e. The van der Waals surface area contributed by atoms with Gasteiger partial charge in [-0.1, -0.05) is 6.07 Å². The van der Waals surface area contributed by atoms with Gasteiger partial charge in [0.1, 0.15) is 17.3 Å². The molecule has 1 amide bonds. The summed E-state index contributed by atoms with van der Waals surface area (Å²) in [5.74, 6) is -3.01. The Labute approximate surface area is 193 Å². The van der Waals surface area contributed by atoms with Gasteiger partial charge in [0, 0.05) is 23.4 Å².